The van der Waals surface area contributed by atoms with Crippen LogP contribution in [-0.2, 0) is 17.8 Å². The summed E-state index contributed by atoms with van der Waals surface area (Å²) in [4.78, 5) is 11.4. The number of carbonyl (C=O) groups is 1. The summed E-state index contributed by atoms with van der Waals surface area (Å²) >= 11 is 0. The Kier molecular flexibility index (Phi) is 3.44. The van der Waals surface area contributed by atoms with Crippen molar-refractivity contribution >= 4 is 16.8 Å². The van der Waals surface area contributed by atoms with Crippen molar-refractivity contribution < 1.29 is 4.79 Å². The molecule has 4 nitrogen and oxygen atoms in total. The van der Waals surface area contributed by atoms with Gasteiger partial charge in [0.05, 0.1) is 0 Å². The van der Waals surface area contributed by atoms with Crippen LogP contribution in [0.5, 0.6) is 0 Å². The van der Waals surface area contributed by atoms with E-state index < -0.39 is 0 Å². The van der Waals surface area contributed by atoms with E-state index in [1.54, 1.807) is 7.05 Å². The first-order chi connectivity index (χ1) is 8.26. The standard InChI is InChI=1S/C13H17N3O/c1-15-13(17)9-16-8-10(6-7-14)11-4-2-3-5-12(11)16/h2-5,8H,6-7,9,14H2,1H3,(H,15,17). The van der Waals surface area contributed by atoms with Crippen LogP contribution < -0.4 is 11.1 Å². The second-order valence-corrected chi connectivity index (χ2v) is 4.01. The smallest absolute Gasteiger partial charge is 0.239 e. The van der Waals surface area contributed by atoms with Gasteiger partial charge in [0, 0.05) is 24.1 Å². The molecular weight excluding hydrogens is 214 g/mol. The molecule has 0 aliphatic rings. The Balaban J connectivity index is 2.44. The van der Waals surface area contributed by atoms with Gasteiger partial charge in [-0.15, -0.1) is 0 Å². The molecule has 0 aliphatic heterocycles. The molecule has 0 bridgehead atoms. The van der Waals surface area contributed by atoms with Crippen molar-refractivity contribution in [2.45, 2.75) is 13.0 Å². The Morgan fingerprint density at radius 2 is 2.18 bits per heavy atom. The third-order valence-corrected chi connectivity index (χ3v) is 2.88. The van der Waals surface area contributed by atoms with E-state index in [9.17, 15) is 4.79 Å². The summed E-state index contributed by atoms with van der Waals surface area (Å²) in [6, 6.07) is 8.08. The summed E-state index contributed by atoms with van der Waals surface area (Å²) in [5, 5.41) is 3.82. The lowest BCUT2D eigenvalue weighted by Gasteiger charge is -2.03. The van der Waals surface area contributed by atoms with Gasteiger partial charge < -0.3 is 15.6 Å². The number of benzene rings is 1. The minimum Gasteiger partial charge on any atom is -0.358 e. The van der Waals surface area contributed by atoms with Crippen molar-refractivity contribution in [3.63, 3.8) is 0 Å². The third-order valence-electron chi connectivity index (χ3n) is 2.88. The lowest BCUT2D eigenvalue weighted by molar-refractivity contribution is -0.121. The number of nitrogens with two attached hydrogens (primary N) is 1. The van der Waals surface area contributed by atoms with Crippen molar-refractivity contribution in [2.75, 3.05) is 13.6 Å². The number of para-hydroxylation sites is 1. The molecule has 2 rings (SSSR count). The van der Waals surface area contributed by atoms with E-state index in [0.29, 0.717) is 13.1 Å². The van der Waals surface area contributed by atoms with Gasteiger partial charge in [-0.2, -0.15) is 0 Å². The van der Waals surface area contributed by atoms with Crippen LogP contribution in [-0.4, -0.2) is 24.1 Å². The number of likely N-dealkylation sites (N-methyl/N-ethyl adjacent to an activating group) is 1. The first-order valence-corrected chi connectivity index (χ1v) is 5.73. The predicted octanol–water partition coefficient (Wildman–Crippen LogP) is 0.888. The Bertz CT molecular complexity index is 530. The van der Waals surface area contributed by atoms with E-state index >= 15 is 0 Å². The first kappa shape index (κ1) is 11.7. The van der Waals surface area contributed by atoms with Gasteiger partial charge in [-0.3, -0.25) is 4.79 Å². The van der Waals surface area contributed by atoms with E-state index in [-0.39, 0.29) is 5.91 Å². The molecule has 1 aromatic heterocycles. The molecule has 17 heavy (non-hydrogen) atoms. The maximum absolute atomic E-state index is 11.4. The van der Waals surface area contributed by atoms with Gasteiger partial charge in [-0.05, 0) is 24.6 Å². The number of aromatic nitrogens is 1. The second kappa shape index (κ2) is 5.01. The minimum absolute atomic E-state index is 0.00468. The molecule has 3 N–H and O–H groups in total. The lowest BCUT2D eigenvalue weighted by Crippen LogP contribution is -2.23. The molecule has 0 atom stereocenters. The normalized spacial score (nSPS) is 10.7. The molecular formula is C13H17N3O. The summed E-state index contributed by atoms with van der Waals surface area (Å²) in [6.45, 7) is 0.968. The maximum Gasteiger partial charge on any atom is 0.239 e. The summed E-state index contributed by atoms with van der Waals surface area (Å²) in [5.41, 5.74) is 7.88. The third kappa shape index (κ3) is 2.31. The predicted molar refractivity (Wildman–Crippen MR) is 68.8 cm³/mol. The van der Waals surface area contributed by atoms with Crippen LogP contribution >= 0.6 is 0 Å². The molecule has 1 heterocycles. The summed E-state index contributed by atoms with van der Waals surface area (Å²) < 4.78 is 1.97. The quantitative estimate of drug-likeness (QED) is 0.821. The fourth-order valence-electron chi connectivity index (χ4n) is 2.04. The average molecular weight is 231 g/mol. The van der Waals surface area contributed by atoms with Crippen LogP contribution in [0.15, 0.2) is 30.5 Å². The van der Waals surface area contributed by atoms with E-state index in [1.807, 2.05) is 29.0 Å². The van der Waals surface area contributed by atoms with Crippen LogP contribution in [0, 0.1) is 0 Å². The van der Waals surface area contributed by atoms with Gasteiger partial charge in [0.2, 0.25) is 5.91 Å². The maximum atomic E-state index is 11.4. The zero-order valence-electron chi connectivity index (χ0n) is 9.94. The van der Waals surface area contributed by atoms with Crippen LogP contribution in [0.1, 0.15) is 5.56 Å². The number of carbonyl (C=O) groups excluding carboxylic acids is 1. The number of nitrogens with zero attached hydrogens (tertiary/aromatic N) is 1. The Morgan fingerprint density at radius 1 is 1.41 bits per heavy atom. The number of amides is 1. The number of rotatable bonds is 4. The van der Waals surface area contributed by atoms with Crippen LogP contribution in [0.3, 0.4) is 0 Å². The van der Waals surface area contributed by atoms with E-state index in [4.69, 9.17) is 5.73 Å². The van der Waals surface area contributed by atoms with Gasteiger partial charge in [-0.25, -0.2) is 0 Å². The molecule has 0 saturated heterocycles. The molecule has 0 aliphatic carbocycles. The summed E-state index contributed by atoms with van der Waals surface area (Å²) in [6.07, 6.45) is 2.86. The van der Waals surface area contributed by atoms with Gasteiger partial charge >= 0.3 is 0 Å². The summed E-state index contributed by atoms with van der Waals surface area (Å²) in [7, 11) is 1.65. The Morgan fingerprint density at radius 3 is 2.88 bits per heavy atom. The topological polar surface area (TPSA) is 60.0 Å². The highest BCUT2D eigenvalue weighted by molar-refractivity contribution is 5.86. The molecule has 0 radical (unpaired) electrons. The number of nitrogens with one attached hydrogen (secondary N) is 1. The molecule has 0 fully saturated rings. The molecule has 1 amide bonds. The highest BCUT2D eigenvalue weighted by Crippen LogP contribution is 2.21. The van der Waals surface area contributed by atoms with Crippen LogP contribution in [0.25, 0.3) is 10.9 Å². The fraction of sp³-hybridized carbons (Fsp3) is 0.308. The van der Waals surface area contributed by atoms with Crippen molar-refractivity contribution in [3.05, 3.63) is 36.0 Å². The second-order valence-electron chi connectivity index (χ2n) is 4.01. The highest BCUT2D eigenvalue weighted by Gasteiger charge is 2.09. The number of hydrogen-bond donors (Lipinski definition) is 2. The lowest BCUT2D eigenvalue weighted by atomic mass is 10.1. The zero-order valence-corrected chi connectivity index (χ0v) is 9.94. The molecule has 0 spiro atoms. The molecule has 90 valence electrons. The van der Waals surface area contributed by atoms with Gasteiger partial charge in [0.1, 0.15) is 6.54 Å². The highest BCUT2D eigenvalue weighted by atomic mass is 16.1. The van der Waals surface area contributed by atoms with Crippen molar-refractivity contribution in [1.29, 1.82) is 0 Å². The average Bonchev–Trinajstić information content (AvgIpc) is 2.69. The van der Waals surface area contributed by atoms with Crippen LogP contribution in [0.2, 0.25) is 0 Å². The molecule has 4 heteroatoms. The summed E-state index contributed by atoms with van der Waals surface area (Å²) in [5.74, 6) is 0.00468. The Hall–Kier alpha value is -1.81. The first-order valence-electron chi connectivity index (χ1n) is 5.73. The molecule has 1 aromatic carbocycles. The molecule has 0 saturated carbocycles. The van der Waals surface area contributed by atoms with Gasteiger partial charge in [0.25, 0.3) is 0 Å². The zero-order chi connectivity index (χ0) is 12.3. The van der Waals surface area contributed by atoms with Crippen molar-refractivity contribution in [2.24, 2.45) is 5.73 Å². The number of hydrogen-bond acceptors (Lipinski definition) is 2. The minimum atomic E-state index is 0.00468. The van der Waals surface area contributed by atoms with Gasteiger partial charge in [-0.1, -0.05) is 18.2 Å². The van der Waals surface area contributed by atoms with Crippen molar-refractivity contribution in [1.82, 2.24) is 9.88 Å². The van der Waals surface area contributed by atoms with Crippen molar-refractivity contribution in [3.8, 4) is 0 Å². The monoisotopic (exact) mass is 231 g/mol. The molecule has 2 aromatic rings. The molecule has 0 unspecified atom stereocenters. The SMILES string of the molecule is CNC(=O)Cn1cc(CCN)c2ccccc21. The Labute approximate surface area is 100 Å². The largest absolute Gasteiger partial charge is 0.358 e. The van der Waals surface area contributed by atoms with E-state index in [1.165, 1.54) is 10.9 Å². The number of fused-ring (bicyclic) bond motifs is 1. The van der Waals surface area contributed by atoms with E-state index in [0.717, 1.165) is 11.9 Å². The fourth-order valence-corrected chi connectivity index (χ4v) is 2.04. The van der Waals surface area contributed by atoms with Gasteiger partial charge in [0.15, 0.2) is 0 Å². The van der Waals surface area contributed by atoms with Crippen LogP contribution in [0.4, 0.5) is 0 Å². The van der Waals surface area contributed by atoms with E-state index in [2.05, 4.69) is 11.4 Å².